The molecule has 1 aliphatic rings. The van der Waals surface area contributed by atoms with Crippen LogP contribution in [-0.2, 0) is 0 Å². The van der Waals surface area contributed by atoms with Crippen LogP contribution >= 0.6 is 11.3 Å². The molecular weight excluding hydrogens is 238 g/mol. The third kappa shape index (κ3) is 2.97. The van der Waals surface area contributed by atoms with E-state index in [1.807, 2.05) is 11.3 Å². The van der Waals surface area contributed by atoms with Crippen LogP contribution in [0.3, 0.4) is 0 Å². The monoisotopic (exact) mass is 265 g/mol. The second-order valence-electron chi connectivity index (χ2n) is 5.87. The van der Waals surface area contributed by atoms with Crippen molar-refractivity contribution in [3.63, 3.8) is 0 Å². The van der Waals surface area contributed by atoms with Gasteiger partial charge in [-0.05, 0) is 56.7 Å². The van der Waals surface area contributed by atoms with Crippen molar-refractivity contribution in [3.05, 3.63) is 21.4 Å². The topological polar surface area (TPSA) is 12.0 Å². The van der Waals surface area contributed by atoms with Crippen molar-refractivity contribution in [2.75, 3.05) is 6.54 Å². The SMILES string of the molecule is CCCNC(c1cc(C)sc1C)C1CCCC1C. The summed E-state index contributed by atoms with van der Waals surface area (Å²) in [5.74, 6) is 1.71. The van der Waals surface area contributed by atoms with E-state index in [9.17, 15) is 0 Å². The Morgan fingerprint density at radius 2 is 2.17 bits per heavy atom. The smallest absolute Gasteiger partial charge is 0.0362 e. The Balaban J connectivity index is 2.21. The first kappa shape index (κ1) is 14.1. The summed E-state index contributed by atoms with van der Waals surface area (Å²) < 4.78 is 0. The highest BCUT2D eigenvalue weighted by molar-refractivity contribution is 7.12. The summed E-state index contributed by atoms with van der Waals surface area (Å²) in [5, 5.41) is 3.82. The molecule has 1 aromatic heterocycles. The minimum atomic E-state index is 0.590. The third-order valence-electron chi connectivity index (χ3n) is 4.38. The van der Waals surface area contributed by atoms with E-state index in [2.05, 4.69) is 39.1 Å². The highest BCUT2D eigenvalue weighted by atomic mass is 32.1. The van der Waals surface area contributed by atoms with Crippen LogP contribution in [0.1, 0.15) is 60.9 Å². The van der Waals surface area contributed by atoms with Gasteiger partial charge in [0.1, 0.15) is 0 Å². The van der Waals surface area contributed by atoms with Crippen molar-refractivity contribution < 1.29 is 0 Å². The fraction of sp³-hybridized carbons (Fsp3) is 0.750. The lowest BCUT2D eigenvalue weighted by Crippen LogP contribution is -2.30. The van der Waals surface area contributed by atoms with Crippen molar-refractivity contribution in [3.8, 4) is 0 Å². The fourth-order valence-corrected chi connectivity index (χ4v) is 4.39. The normalized spacial score (nSPS) is 25.6. The van der Waals surface area contributed by atoms with E-state index >= 15 is 0 Å². The van der Waals surface area contributed by atoms with Crippen molar-refractivity contribution in [2.24, 2.45) is 11.8 Å². The van der Waals surface area contributed by atoms with Gasteiger partial charge < -0.3 is 5.32 Å². The molecule has 3 unspecified atom stereocenters. The Labute approximate surface area is 116 Å². The van der Waals surface area contributed by atoms with Gasteiger partial charge in [-0.15, -0.1) is 11.3 Å². The van der Waals surface area contributed by atoms with Gasteiger partial charge in [0.25, 0.3) is 0 Å². The minimum absolute atomic E-state index is 0.590. The quantitative estimate of drug-likeness (QED) is 0.803. The predicted molar refractivity (Wildman–Crippen MR) is 81.3 cm³/mol. The first-order valence-electron chi connectivity index (χ1n) is 7.43. The van der Waals surface area contributed by atoms with Gasteiger partial charge in [0.05, 0.1) is 0 Å². The lowest BCUT2D eigenvalue weighted by Gasteiger charge is -2.28. The molecule has 1 nitrogen and oxygen atoms in total. The van der Waals surface area contributed by atoms with Gasteiger partial charge in [-0.3, -0.25) is 0 Å². The minimum Gasteiger partial charge on any atom is -0.310 e. The van der Waals surface area contributed by atoms with Gasteiger partial charge >= 0.3 is 0 Å². The highest BCUT2D eigenvalue weighted by Crippen LogP contribution is 2.42. The molecule has 1 fully saturated rings. The predicted octanol–water partition coefficient (Wildman–Crippen LogP) is 4.84. The van der Waals surface area contributed by atoms with Crippen LogP contribution in [0.15, 0.2) is 6.07 Å². The van der Waals surface area contributed by atoms with E-state index < -0.39 is 0 Å². The summed E-state index contributed by atoms with van der Waals surface area (Å²) in [6, 6.07) is 3.01. The van der Waals surface area contributed by atoms with E-state index in [1.54, 1.807) is 5.56 Å². The van der Waals surface area contributed by atoms with Crippen molar-refractivity contribution in [1.82, 2.24) is 5.32 Å². The number of hydrogen-bond acceptors (Lipinski definition) is 2. The van der Waals surface area contributed by atoms with Gasteiger partial charge in [0.2, 0.25) is 0 Å². The Hall–Kier alpha value is -0.340. The largest absolute Gasteiger partial charge is 0.310 e. The number of rotatable bonds is 5. The van der Waals surface area contributed by atoms with Crippen molar-refractivity contribution >= 4 is 11.3 Å². The molecule has 0 aliphatic heterocycles. The summed E-state index contributed by atoms with van der Waals surface area (Å²) in [4.78, 5) is 2.97. The lowest BCUT2D eigenvalue weighted by molar-refractivity contribution is 0.302. The zero-order chi connectivity index (χ0) is 13.1. The molecule has 18 heavy (non-hydrogen) atoms. The van der Waals surface area contributed by atoms with E-state index in [1.165, 1.54) is 35.4 Å². The molecule has 0 spiro atoms. The summed E-state index contributed by atoms with van der Waals surface area (Å²) in [6.07, 6.45) is 5.45. The zero-order valence-electron chi connectivity index (χ0n) is 12.3. The second-order valence-corrected chi connectivity index (χ2v) is 7.33. The molecule has 1 heterocycles. The van der Waals surface area contributed by atoms with Crippen LogP contribution in [0, 0.1) is 25.7 Å². The number of thiophene rings is 1. The number of nitrogens with one attached hydrogen (secondary N) is 1. The Kier molecular flexibility index (Phi) is 4.85. The van der Waals surface area contributed by atoms with Crippen LogP contribution in [0.5, 0.6) is 0 Å². The maximum atomic E-state index is 3.82. The third-order valence-corrected chi connectivity index (χ3v) is 5.37. The van der Waals surface area contributed by atoms with Crippen LogP contribution in [0.4, 0.5) is 0 Å². The molecule has 1 aliphatic carbocycles. The highest BCUT2D eigenvalue weighted by Gasteiger charge is 2.32. The molecule has 102 valence electrons. The number of hydrogen-bond donors (Lipinski definition) is 1. The molecule has 0 bridgehead atoms. The molecule has 2 rings (SSSR count). The van der Waals surface area contributed by atoms with E-state index in [4.69, 9.17) is 0 Å². The molecule has 0 amide bonds. The second kappa shape index (κ2) is 6.21. The van der Waals surface area contributed by atoms with E-state index in [0.717, 1.165) is 18.4 Å². The Morgan fingerprint density at radius 1 is 1.39 bits per heavy atom. The van der Waals surface area contributed by atoms with E-state index in [-0.39, 0.29) is 0 Å². The first-order chi connectivity index (χ1) is 8.63. The molecule has 0 radical (unpaired) electrons. The summed E-state index contributed by atoms with van der Waals surface area (Å²) in [7, 11) is 0. The molecule has 2 heteroatoms. The maximum absolute atomic E-state index is 3.82. The maximum Gasteiger partial charge on any atom is 0.0362 e. The van der Waals surface area contributed by atoms with Crippen LogP contribution < -0.4 is 5.32 Å². The van der Waals surface area contributed by atoms with Crippen LogP contribution in [0.25, 0.3) is 0 Å². The zero-order valence-corrected chi connectivity index (χ0v) is 13.1. The van der Waals surface area contributed by atoms with Crippen molar-refractivity contribution in [2.45, 2.75) is 59.4 Å². The molecule has 3 atom stereocenters. The summed E-state index contributed by atoms with van der Waals surface area (Å²) in [5.41, 5.74) is 1.57. The first-order valence-corrected chi connectivity index (χ1v) is 8.25. The van der Waals surface area contributed by atoms with Crippen LogP contribution in [-0.4, -0.2) is 6.54 Å². The van der Waals surface area contributed by atoms with Gasteiger partial charge in [0, 0.05) is 15.8 Å². The standard InChI is InChI=1S/C16H27NS/c1-5-9-17-16(14-8-6-7-11(14)2)15-10-12(3)18-13(15)4/h10-11,14,16-17H,5-9H2,1-4H3. The van der Waals surface area contributed by atoms with Gasteiger partial charge in [-0.25, -0.2) is 0 Å². The van der Waals surface area contributed by atoms with Gasteiger partial charge in [0.15, 0.2) is 0 Å². The number of aryl methyl sites for hydroxylation is 2. The average Bonchev–Trinajstić information content (AvgIpc) is 2.87. The van der Waals surface area contributed by atoms with Crippen LogP contribution in [0.2, 0.25) is 0 Å². The molecule has 1 saturated carbocycles. The molecule has 1 aromatic rings. The van der Waals surface area contributed by atoms with Gasteiger partial charge in [-0.1, -0.05) is 26.7 Å². The average molecular weight is 265 g/mol. The molecular formula is C16H27NS. The summed E-state index contributed by atoms with van der Waals surface area (Å²) >= 11 is 1.95. The van der Waals surface area contributed by atoms with Crippen molar-refractivity contribution in [1.29, 1.82) is 0 Å². The molecule has 0 aromatic carbocycles. The molecule has 0 saturated heterocycles. The Bertz CT molecular complexity index is 382. The fourth-order valence-electron chi connectivity index (χ4n) is 3.42. The summed E-state index contributed by atoms with van der Waals surface area (Å²) in [6.45, 7) is 10.4. The van der Waals surface area contributed by atoms with Gasteiger partial charge in [-0.2, -0.15) is 0 Å². The Morgan fingerprint density at radius 3 is 2.67 bits per heavy atom. The lowest BCUT2D eigenvalue weighted by atomic mass is 9.86. The molecule has 1 N–H and O–H groups in total. The van der Waals surface area contributed by atoms with E-state index in [0.29, 0.717) is 6.04 Å².